The molecule has 0 aliphatic carbocycles. The second-order valence-electron chi connectivity index (χ2n) is 6.08. The van der Waals surface area contributed by atoms with Gasteiger partial charge in [0.05, 0.1) is 30.9 Å². The van der Waals surface area contributed by atoms with Gasteiger partial charge in [0.15, 0.2) is 11.5 Å². The number of nitrogens with zero attached hydrogens (tertiary/aromatic N) is 2. The largest absolute Gasteiger partial charge is 0.493 e. The molecular formula is C20H21ClN2O2S. The van der Waals surface area contributed by atoms with Gasteiger partial charge < -0.3 is 14.4 Å². The van der Waals surface area contributed by atoms with E-state index in [1.165, 1.54) is 5.00 Å². The van der Waals surface area contributed by atoms with Crippen LogP contribution in [0.15, 0.2) is 30.3 Å². The lowest BCUT2D eigenvalue weighted by Crippen LogP contribution is -2.33. The van der Waals surface area contributed by atoms with Crippen molar-refractivity contribution in [1.82, 2.24) is 0 Å². The van der Waals surface area contributed by atoms with E-state index in [0.29, 0.717) is 22.4 Å². The Labute approximate surface area is 163 Å². The minimum Gasteiger partial charge on any atom is -0.493 e. The van der Waals surface area contributed by atoms with Crippen LogP contribution in [0, 0.1) is 11.3 Å². The highest BCUT2D eigenvalue weighted by Crippen LogP contribution is 2.34. The van der Waals surface area contributed by atoms with Crippen LogP contribution in [-0.2, 0) is 0 Å². The highest BCUT2D eigenvalue weighted by molar-refractivity contribution is 7.17. The molecule has 1 aromatic carbocycles. The Morgan fingerprint density at radius 1 is 1.19 bits per heavy atom. The minimum atomic E-state index is 0.292. The number of rotatable bonds is 5. The number of anilines is 1. The monoisotopic (exact) mass is 388 g/mol. The van der Waals surface area contributed by atoms with Gasteiger partial charge in [0.2, 0.25) is 0 Å². The van der Waals surface area contributed by atoms with Gasteiger partial charge >= 0.3 is 0 Å². The third-order valence-corrected chi connectivity index (χ3v) is 5.98. The fourth-order valence-corrected chi connectivity index (χ4v) is 4.18. The second kappa shape index (κ2) is 8.48. The lowest BCUT2D eigenvalue weighted by molar-refractivity contribution is 0.355. The summed E-state index contributed by atoms with van der Waals surface area (Å²) < 4.78 is 10.6. The Bertz CT molecular complexity index is 833. The first-order chi connectivity index (χ1) is 12.6. The maximum atomic E-state index is 9.60. The maximum absolute atomic E-state index is 9.60. The zero-order valence-electron chi connectivity index (χ0n) is 14.9. The average molecular weight is 389 g/mol. The van der Waals surface area contributed by atoms with Crippen molar-refractivity contribution in [2.45, 2.75) is 18.2 Å². The number of ether oxygens (including phenoxy) is 2. The van der Waals surface area contributed by atoms with Gasteiger partial charge in [-0.2, -0.15) is 5.26 Å². The third kappa shape index (κ3) is 4.14. The molecular weight excluding hydrogens is 368 g/mol. The normalized spacial score (nSPS) is 15.6. The van der Waals surface area contributed by atoms with Crippen molar-refractivity contribution < 1.29 is 9.47 Å². The first-order valence-corrected chi connectivity index (χ1v) is 9.73. The van der Waals surface area contributed by atoms with Crippen LogP contribution in [0.2, 0.25) is 0 Å². The van der Waals surface area contributed by atoms with Crippen molar-refractivity contribution in [3.8, 4) is 17.6 Å². The zero-order valence-corrected chi connectivity index (χ0v) is 16.4. The number of piperidine rings is 1. The number of alkyl halides is 1. The van der Waals surface area contributed by atoms with E-state index < -0.39 is 0 Å². The molecule has 6 heteroatoms. The van der Waals surface area contributed by atoms with Crippen LogP contribution in [0.5, 0.6) is 11.5 Å². The van der Waals surface area contributed by atoms with E-state index in [4.69, 9.17) is 21.1 Å². The molecule has 136 valence electrons. The van der Waals surface area contributed by atoms with E-state index in [1.807, 2.05) is 24.3 Å². The van der Waals surface area contributed by atoms with Crippen molar-refractivity contribution in [3.63, 3.8) is 0 Å². The van der Waals surface area contributed by atoms with E-state index >= 15 is 0 Å². The van der Waals surface area contributed by atoms with Crippen LogP contribution in [0.1, 0.15) is 23.3 Å². The van der Waals surface area contributed by atoms with Gasteiger partial charge in [0.1, 0.15) is 0 Å². The van der Waals surface area contributed by atoms with E-state index in [-0.39, 0.29) is 0 Å². The van der Waals surface area contributed by atoms with E-state index in [1.54, 1.807) is 25.6 Å². The minimum absolute atomic E-state index is 0.292. The molecule has 1 aliphatic rings. The molecule has 0 atom stereocenters. The summed E-state index contributed by atoms with van der Waals surface area (Å²) in [5, 5.41) is 11.1. The molecule has 26 heavy (non-hydrogen) atoms. The highest BCUT2D eigenvalue weighted by Gasteiger charge is 2.18. The lowest BCUT2D eigenvalue weighted by Gasteiger charge is -2.29. The zero-order chi connectivity index (χ0) is 18.5. The Morgan fingerprint density at radius 2 is 1.92 bits per heavy atom. The molecule has 0 saturated carbocycles. The van der Waals surface area contributed by atoms with Crippen LogP contribution < -0.4 is 14.4 Å². The first kappa shape index (κ1) is 18.6. The fourth-order valence-electron chi connectivity index (χ4n) is 2.98. The third-order valence-electron chi connectivity index (χ3n) is 4.45. The van der Waals surface area contributed by atoms with E-state index in [9.17, 15) is 5.26 Å². The smallest absolute Gasteiger partial charge is 0.161 e. The van der Waals surface area contributed by atoms with Gasteiger partial charge in [-0.25, -0.2) is 0 Å². The van der Waals surface area contributed by atoms with Crippen LogP contribution in [0.3, 0.4) is 0 Å². The Morgan fingerprint density at radius 3 is 2.58 bits per heavy atom. The molecule has 0 unspecified atom stereocenters. The lowest BCUT2D eigenvalue weighted by atomic mass is 10.1. The highest BCUT2D eigenvalue weighted by atomic mass is 35.5. The molecule has 0 spiro atoms. The topological polar surface area (TPSA) is 45.5 Å². The van der Waals surface area contributed by atoms with E-state index in [0.717, 1.165) is 36.4 Å². The number of thiophene rings is 1. The van der Waals surface area contributed by atoms with Crippen molar-refractivity contribution in [1.29, 1.82) is 5.26 Å². The summed E-state index contributed by atoms with van der Waals surface area (Å²) in [5.74, 6) is 1.26. The first-order valence-electron chi connectivity index (χ1n) is 8.47. The molecule has 0 bridgehead atoms. The van der Waals surface area contributed by atoms with Crippen molar-refractivity contribution >= 4 is 39.6 Å². The summed E-state index contributed by atoms with van der Waals surface area (Å²) >= 11 is 7.88. The predicted octanol–water partition coefficient (Wildman–Crippen LogP) is 5.04. The summed E-state index contributed by atoms with van der Waals surface area (Å²) in [4.78, 5) is 3.42. The number of methoxy groups -OCH3 is 2. The fraction of sp³-hybridized carbons (Fsp3) is 0.350. The van der Waals surface area contributed by atoms with Gasteiger partial charge in [-0.1, -0.05) is 0 Å². The molecule has 1 fully saturated rings. The average Bonchev–Trinajstić information content (AvgIpc) is 3.14. The van der Waals surface area contributed by atoms with Crippen molar-refractivity contribution in [2.24, 2.45) is 0 Å². The number of hydrogen-bond donors (Lipinski definition) is 0. The Balaban J connectivity index is 1.83. The summed E-state index contributed by atoms with van der Waals surface area (Å²) in [6.07, 6.45) is 3.95. The molecule has 1 aromatic heterocycles. The molecule has 0 amide bonds. The molecule has 1 saturated heterocycles. The molecule has 2 heterocycles. The van der Waals surface area contributed by atoms with E-state index in [2.05, 4.69) is 23.1 Å². The Kier molecular flexibility index (Phi) is 6.08. The van der Waals surface area contributed by atoms with Crippen LogP contribution in [-0.4, -0.2) is 32.7 Å². The number of nitriles is 1. The van der Waals surface area contributed by atoms with Crippen LogP contribution >= 0.6 is 22.9 Å². The van der Waals surface area contributed by atoms with Gasteiger partial charge in [-0.15, -0.1) is 22.9 Å². The summed E-state index contributed by atoms with van der Waals surface area (Å²) in [6.45, 7) is 1.97. The van der Waals surface area contributed by atoms with Crippen LogP contribution in [0.4, 0.5) is 5.00 Å². The van der Waals surface area contributed by atoms with Gasteiger partial charge in [0, 0.05) is 23.3 Å². The second-order valence-corrected chi connectivity index (χ2v) is 7.79. The van der Waals surface area contributed by atoms with Crippen molar-refractivity contribution in [3.05, 3.63) is 40.8 Å². The van der Waals surface area contributed by atoms with Gasteiger partial charge in [0.25, 0.3) is 0 Å². The van der Waals surface area contributed by atoms with Crippen LogP contribution in [0.25, 0.3) is 11.6 Å². The molecule has 3 rings (SSSR count). The molecule has 0 radical (unpaired) electrons. The number of halogens is 1. The maximum Gasteiger partial charge on any atom is 0.161 e. The Hall–Kier alpha value is -2.16. The number of allylic oxidation sites excluding steroid dienone is 1. The van der Waals surface area contributed by atoms with Gasteiger partial charge in [-0.05, 0) is 54.8 Å². The summed E-state index contributed by atoms with van der Waals surface area (Å²) in [5.41, 5.74) is 1.40. The SMILES string of the molecule is COc1ccc(/C(C#N)=C/c2ccc(N3CCC(Cl)CC3)s2)cc1OC. The number of hydrogen-bond acceptors (Lipinski definition) is 5. The standard InChI is InChI=1S/C20H21ClN2O2S/c1-24-18-5-3-14(12-19(18)25-2)15(13-22)11-17-4-6-20(26-17)23-9-7-16(21)8-10-23/h3-6,11-12,16H,7-10H2,1-2H3/b15-11+. The molecule has 2 aromatic rings. The van der Waals surface area contributed by atoms with Crippen molar-refractivity contribution in [2.75, 3.05) is 32.2 Å². The summed E-state index contributed by atoms with van der Waals surface area (Å²) in [6, 6.07) is 12.0. The molecule has 1 aliphatic heterocycles. The quantitative estimate of drug-likeness (QED) is 0.532. The number of benzene rings is 1. The predicted molar refractivity (Wildman–Crippen MR) is 108 cm³/mol. The summed E-state index contributed by atoms with van der Waals surface area (Å²) in [7, 11) is 3.19. The molecule has 4 nitrogen and oxygen atoms in total. The molecule has 0 N–H and O–H groups in total. The van der Waals surface area contributed by atoms with Gasteiger partial charge in [-0.3, -0.25) is 0 Å².